The number of aromatic amines is 1. The lowest BCUT2D eigenvalue weighted by atomic mass is 9.90. The van der Waals surface area contributed by atoms with Crippen LogP contribution in [0.25, 0.3) is 10.9 Å². The molecule has 1 N–H and O–H groups in total. The zero-order chi connectivity index (χ0) is 17.0. The predicted molar refractivity (Wildman–Crippen MR) is 103 cm³/mol. The molecule has 2 heterocycles. The third-order valence-electron chi connectivity index (χ3n) is 5.37. The normalized spacial score (nSPS) is 18.4. The van der Waals surface area contributed by atoms with Gasteiger partial charge in [-0.05, 0) is 55.2 Å². The molecular weight excluding hydrogens is 380 g/mol. The minimum atomic E-state index is 0.312. The number of fused-ring (bicyclic) bond motifs is 4. The molecule has 0 saturated carbocycles. The summed E-state index contributed by atoms with van der Waals surface area (Å²) >= 11 is 3.60. The number of aromatic nitrogens is 1. The lowest BCUT2D eigenvalue weighted by molar-refractivity contribution is 0.174. The van der Waals surface area contributed by atoms with Crippen molar-refractivity contribution in [2.45, 2.75) is 25.3 Å². The molecule has 0 amide bonds. The monoisotopic (exact) mass is 398 g/mol. The second-order valence-electron chi connectivity index (χ2n) is 6.76. The Hall–Kier alpha value is -2.14. The van der Waals surface area contributed by atoms with Gasteiger partial charge in [0.1, 0.15) is 0 Å². The number of benzene rings is 2. The zero-order valence-corrected chi connectivity index (χ0v) is 15.6. The fraction of sp³-hybridized carbons (Fsp3) is 0.300. The predicted octanol–water partition coefficient (Wildman–Crippen LogP) is 5.17. The maximum atomic E-state index is 5.55. The maximum Gasteiger partial charge on any atom is 0.231 e. The van der Waals surface area contributed by atoms with Gasteiger partial charge >= 0.3 is 0 Å². The van der Waals surface area contributed by atoms with E-state index in [-0.39, 0.29) is 0 Å². The fourth-order valence-corrected chi connectivity index (χ4v) is 4.44. The Kier molecular flexibility index (Phi) is 3.45. The van der Waals surface area contributed by atoms with E-state index >= 15 is 0 Å². The van der Waals surface area contributed by atoms with Crippen molar-refractivity contribution in [1.82, 2.24) is 4.98 Å². The van der Waals surface area contributed by atoms with Crippen molar-refractivity contribution >= 4 is 32.5 Å². The highest BCUT2D eigenvalue weighted by atomic mass is 79.9. The second-order valence-corrected chi connectivity index (χ2v) is 7.68. The number of hydrogen-bond acceptors (Lipinski definition) is 3. The van der Waals surface area contributed by atoms with Gasteiger partial charge in [0.2, 0.25) is 6.79 Å². The van der Waals surface area contributed by atoms with Gasteiger partial charge in [-0.1, -0.05) is 15.9 Å². The van der Waals surface area contributed by atoms with Gasteiger partial charge in [-0.25, -0.2) is 0 Å². The minimum Gasteiger partial charge on any atom is -0.454 e. The number of hydrogen-bond donors (Lipinski definition) is 1. The number of aryl methyl sites for hydroxylation is 1. The Bertz CT molecular complexity index is 966. The number of nitrogens with zero attached hydrogens (tertiary/aromatic N) is 1. The van der Waals surface area contributed by atoms with Gasteiger partial charge in [-0.3, -0.25) is 0 Å². The van der Waals surface area contributed by atoms with Gasteiger partial charge in [0.15, 0.2) is 11.5 Å². The highest BCUT2D eigenvalue weighted by molar-refractivity contribution is 9.10. The van der Waals surface area contributed by atoms with Gasteiger partial charge in [0, 0.05) is 39.9 Å². The van der Waals surface area contributed by atoms with Crippen molar-refractivity contribution in [2.75, 3.05) is 18.7 Å². The Morgan fingerprint density at radius 1 is 1.12 bits per heavy atom. The Balaban J connectivity index is 1.56. The highest BCUT2D eigenvalue weighted by Gasteiger charge is 2.28. The lowest BCUT2D eigenvalue weighted by Gasteiger charge is -2.33. The molecule has 1 aromatic heterocycles. The van der Waals surface area contributed by atoms with Crippen LogP contribution < -0.4 is 14.4 Å². The van der Waals surface area contributed by atoms with E-state index in [2.05, 4.69) is 63.2 Å². The number of anilines is 1. The largest absolute Gasteiger partial charge is 0.454 e. The summed E-state index contributed by atoms with van der Waals surface area (Å²) in [6.45, 7) is 0.312. The molecule has 1 atom stereocenters. The zero-order valence-electron chi connectivity index (χ0n) is 14.0. The molecule has 1 aliphatic heterocycles. The Morgan fingerprint density at radius 3 is 2.92 bits per heavy atom. The van der Waals surface area contributed by atoms with Gasteiger partial charge in [-0.2, -0.15) is 0 Å². The number of halogens is 1. The highest BCUT2D eigenvalue weighted by Crippen LogP contribution is 2.42. The van der Waals surface area contributed by atoms with Crippen LogP contribution in [0.2, 0.25) is 0 Å². The van der Waals surface area contributed by atoms with Gasteiger partial charge in [0.25, 0.3) is 0 Å². The Morgan fingerprint density at radius 2 is 2.00 bits per heavy atom. The quantitative estimate of drug-likeness (QED) is 0.646. The third kappa shape index (κ3) is 2.41. The molecular formula is C20H19BrN2O2. The first-order valence-corrected chi connectivity index (χ1v) is 9.42. The summed E-state index contributed by atoms with van der Waals surface area (Å²) in [4.78, 5) is 6.03. The Labute approximate surface area is 154 Å². The van der Waals surface area contributed by atoms with E-state index in [0.717, 1.165) is 34.5 Å². The molecule has 0 bridgehead atoms. The summed E-state index contributed by atoms with van der Waals surface area (Å²) in [6, 6.07) is 13.0. The summed E-state index contributed by atoms with van der Waals surface area (Å²) in [5.41, 5.74) is 5.18. The first kappa shape index (κ1) is 15.1. The first-order chi connectivity index (χ1) is 12.2. The van der Waals surface area contributed by atoms with Crippen LogP contribution in [0, 0.1) is 0 Å². The maximum absolute atomic E-state index is 5.55. The van der Waals surface area contributed by atoms with E-state index in [1.807, 2.05) is 6.07 Å². The van der Waals surface area contributed by atoms with Crippen LogP contribution in [0.5, 0.6) is 11.5 Å². The van der Waals surface area contributed by atoms with Gasteiger partial charge in [0.05, 0.1) is 6.04 Å². The molecule has 0 radical (unpaired) electrons. The van der Waals surface area contributed by atoms with E-state index in [0.29, 0.717) is 12.8 Å². The van der Waals surface area contributed by atoms with Crippen LogP contribution in [-0.2, 0) is 6.42 Å². The van der Waals surface area contributed by atoms with Crippen molar-refractivity contribution in [2.24, 2.45) is 0 Å². The molecule has 4 nitrogen and oxygen atoms in total. The van der Waals surface area contributed by atoms with Crippen molar-refractivity contribution in [3.05, 3.63) is 52.1 Å². The smallest absolute Gasteiger partial charge is 0.231 e. The van der Waals surface area contributed by atoms with Gasteiger partial charge in [-0.15, -0.1) is 0 Å². The topological polar surface area (TPSA) is 37.5 Å². The van der Waals surface area contributed by atoms with Crippen molar-refractivity contribution in [3.8, 4) is 11.5 Å². The van der Waals surface area contributed by atoms with Crippen molar-refractivity contribution in [3.63, 3.8) is 0 Å². The van der Waals surface area contributed by atoms with E-state index in [9.17, 15) is 0 Å². The van der Waals surface area contributed by atoms with E-state index < -0.39 is 0 Å². The summed E-state index contributed by atoms with van der Waals surface area (Å²) in [6.07, 6.45) is 3.48. The first-order valence-electron chi connectivity index (χ1n) is 8.63. The molecule has 1 aliphatic carbocycles. The molecule has 1 unspecified atom stereocenters. The van der Waals surface area contributed by atoms with Crippen molar-refractivity contribution in [1.29, 1.82) is 0 Å². The molecule has 128 valence electrons. The molecule has 0 spiro atoms. The molecule has 0 saturated heterocycles. The summed E-state index contributed by atoms with van der Waals surface area (Å²) in [7, 11) is 2.17. The standard InChI is InChI=1S/C20H19BrN2O2/c1-23(13-6-8-18-19(10-13)25-11-24-18)17-4-2-3-14-15-9-12(21)5-7-16(15)22-20(14)17/h5-10,17,22H,2-4,11H2,1H3. The molecule has 3 aromatic rings. The third-order valence-corrected chi connectivity index (χ3v) is 5.86. The van der Waals surface area contributed by atoms with Crippen LogP contribution in [0.3, 0.4) is 0 Å². The SMILES string of the molecule is CN(c1ccc2c(c1)OCO2)C1CCCc2c1[nH]c1ccc(Br)cc21. The number of nitrogens with one attached hydrogen (secondary N) is 1. The average molecular weight is 399 g/mol. The van der Waals surface area contributed by atoms with Crippen LogP contribution in [0.4, 0.5) is 5.69 Å². The number of ether oxygens (including phenoxy) is 2. The average Bonchev–Trinajstić information content (AvgIpc) is 3.24. The van der Waals surface area contributed by atoms with Crippen molar-refractivity contribution < 1.29 is 9.47 Å². The molecule has 5 heteroatoms. The second kappa shape index (κ2) is 5.70. The van der Waals surface area contributed by atoms with Crippen LogP contribution in [0.15, 0.2) is 40.9 Å². The fourth-order valence-electron chi connectivity index (χ4n) is 4.08. The van der Waals surface area contributed by atoms with Crippen LogP contribution in [0.1, 0.15) is 30.1 Å². The van der Waals surface area contributed by atoms with Gasteiger partial charge < -0.3 is 19.4 Å². The number of rotatable bonds is 2. The molecule has 2 aromatic carbocycles. The molecule has 0 fully saturated rings. The lowest BCUT2D eigenvalue weighted by Crippen LogP contribution is -2.27. The summed E-state index contributed by atoms with van der Waals surface area (Å²) in [5, 5.41) is 1.34. The summed E-state index contributed by atoms with van der Waals surface area (Å²) in [5.74, 6) is 1.66. The van der Waals surface area contributed by atoms with E-state index in [1.165, 1.54) is 28.6 Å². The van der Waals surface area contributed by atoms with E-state index in [4.69, 9.17) is 9.47 Å². The van der Waals surface area contributed by atoms with E-state index in [1.54, 1.807) is 0 Å². The van der Waals surface area contributed by atoms with Crippen LogP contribution >= 0.6 is 15.9 Å². The molecule has 25 heavy (non-hydrogen) atoms. The minimum absolute atomic E-state index is 0.312. The van der Waals surface area contributed by atoms with Crippen LogP contribution in [-0.4, -0.2) is 18.8 Å². The molecule has 5 rings (SSSR count). The number of H-pyrrole nitrogens is 1. The molecule has 2 aliphatic rings. The summed E-state index contributed by atoms with van der Waals surface area (Å²) < 4.78 is 12.1.